The zero-order chi connectivity index (χ0) is 20.6. The molecule has 0 fully saturated rings. The van der Waals surface area contributed by atoms with Gasteiger partial charge < -0.3 is 14.8 Å². The Labute approximate surface area is 165 Å². The molecule has 3 aromatic rings. The van der Waals surface area contributed by atoms with Crippen LogP contribution in [0.2, 0.25) is 0 Å². The number of benzene rings is 3. The van der Waals surface area contributed by atoms with Crippen molar-refractivity contribution in [2.45, 2.75) is 0 Å². The monoisotopic (exact) mass is 392 g/mol. The largest absolute Gasteiger partial charge is 0.457 e. The summed E-state index contributed by atoms with van der Waals surface area (Å²) in [4.78, 5) is 34.6. The van der Waals surface area contributed by atoms with Gasteiger partial charge in [-0.15, -0.1) is 0 Å². The van der Waals surface area contributed by atoms with E-state index >= 15 is 0 Å². The standard InChI is InChI=1S/C21H16N2O6/c24-20(22-18-11-4-5-12-19(18)23(26)27)14-28-21(25)15-7-6-10-17(13-15)29-16-8-2-1-3-9-16/h1-13H,14H2,(H,22,24). The lowest BCUT2D eigenvalue weighted by molar-refractivity contribution is -0.383. The summed E-state index contributed by atoms with van der Waals surface area (Å²) in [7, 11) is 0. The zero-order valence-corrected chi connectivity index (χ0v) is 15.1. The SMILES string of the molecule is O=C(COC(=O)c1cccc(Oc2ccccc2)c1)Nc1ccccc1[N+](=O)[O-]. The number of hydrogen-bond donors (Lipinski definition) is 1. The normalized spacial score (nSPS) is 10.1. The van der Waals surface area contributed by atoms with Crippen molar-refractivity contribution in [3.63, 3.8) is 0 Å². The molecular weight excluding hydrogens is 376 g/mol. The van der Waals surface area contributed by atoms with Crippen LogP contribution in [0.25, 0.3) is 0 Å². The van der Waals surface area contributed by atoms with Crippen LogP contribution in [0.5, 0.6) is 11.5 Å². The number of nitro groups is 1. The Morgan fingerprint density at radius 3 is 2.34 bits per heavy atom. The molecule has 1 amide bonds. The molecule has 0 saturated heterocycles. The number of anilines is 1. The van der Waals surface area contributed by atoms with Gasteiger partial charge in [-0.1, -0.05) is 36.4 Å². The second-order valence-electron chi connectivity index (χ2n) is 5.84. The number of nitrogens with one attached hydrogen (secondary N) is 1. The number of carbonyl (C=O) groups excluding carboxylic acids is 2. The molecule has 0 aliphatic heterocycles. The van der Waals surface area contributed by atoms with Crippen LogP contribution in [-0.2, 0) is 9.53 Å². The maximum Gasteiger partial charge on any atom is 0.338 e. The van der Waals surface area contributed by atoms with E-state index in [1.807, 2.05) is 18.2 Å². The van der Waals surface area contributed by atoms with Gasteiger partial charge in [-0.05, 0) is 36.4 Å². The molecule has 0 unspecified atom stereocenters. The summed E-state index contributed by atoms with van der Waals surface area (Å²) < 4.78 is 10.6. The van der Waals surface area contributed by atoms with Gasteiger partial charge in [0.2, 0.25) is 0 Å². The molecule has 8 heteroatoms. The van der Waals surface area contributed by atoms with Crippen molar-refractivity contribution in [1.29, 1.82) is 0 Å². The number of esters is 1. The van der Waals surface area contributed by atoms with Crippen LogP contribution < -0.4 is 10.1 Å². The molecule has 0 aliphatic rings. The maximum absolute atomic E-state index is 12.2. The van der Waals surface area contributed by atoms with Crippen LogP contribution >= 0.6 is 0 Å². The smallest absolute Gasteiger partial charge is 0.338 e. The van der Waals surface area contributed by atoms with Gasteiger partial charge in [0, 0.05) is 6.07 Å². The third-order valence-corrected chi connectivity index (χ3v) is 3.76. The third-order valence-electron chi connectivity index (χ3n) is 3.76. The summed E-state index contributed by atoms with van der Waals surface area (Å²) in [5, 5.41) is 13.3. The van der Waals surface area contributed by atoms with E-state index in [9.17, 15) is 19.7 Å². The van der Waals surface area contributed by atoms with Gasteiger partial charge in [0.25, 0.3) is 11.6 Å². The molecule has 0 saturated carbocycles. The van der Waals surface area contributed by atoms with Gasteiger partial charge in [-0.3, -0.25) is 14.9 Å². The fourth-order valence-electron chi connectivity index (χ4n) is 2.45. The van der Waals surface area contributed by atoms with E-state index in [0.717, 1.165) is 0 Å². The first-order valence-corrected chi connectivity index (χ1v) is 8.56. The van der Waals surface area contributed by atoms with E-state index in [1.54, 1.807) is 30.3 Å². The Kier molecular flexibility index (Phi) is 6.16. The molecule has 146 valence electrons. The zero-order valence-electron chi connectivity index (χ0n) is 15.1. The highest BCUT2D eigenvalue weighted by atomic mass is 16.6. The lowest BCUT2D eigenvalue weighted by atomic mass is 10.2. The Morgan fingerprint density at radius 1 is 0.897 bits per heavy atom. The summed E-state index contributed by atoms with van der Waals surface area (Å²) >= 11 is 0. The predicted octanol–water partition coefficient (Wildman–Crippen LogP) is 4.18. The quantitative estimate of drug-likeness (QED) is 0.367. The molecular formula is C21H16N2O6. The second-order valence-corrected chi connectivity index (χ2v) is 5.84. The average Bonchev–Trinajstić information content (AvgIpc) is 2.73. The second kappa shape index (κ2) is 9.14. The first-order chi connectivity index (χ1) is 14.0. The van der Waals surface area contributed by atoms with Crippen molar-refractivity contribution < 1.29 is 24.0 Å². The predicted molar refractivity (Wildman–Crippen MR) is 105 cm³/mol. The summed E-state index contributed by atoms with van der Waals surface area (Å²) in [6, 6.07) is 21.1. The van der Waals surface area contributed by atoms with Gasteiger partial charge in [-0.25, -0.2) is 4.79 Å². The number of nitrogens with zero attached hydrogens (tertiary/aromatic N) is 1. The Hall–Kier alpha value is -4.20. The molecule has 0 heterocycles. The van der Waals surface area contributed by atoms with Crippen LogP contribution in [0.4, 0.5) is 11.4 Å². The maximum atomic E-state index is 12.2. The Balaban J connectivity index is 1.59. The van der Waals surface area contributed by atoms with Crippen molar-refractivity contribution in [3.05, 3.63) is 94.5 Å². The molecule has 0 aliphatic carbocycles. The van der Waals surface area contributed by atoms with Crippen LogP contribution in [0.15, 0.2) is 78.9 Å². The molecule has 3 aromatic carbocycles. The average molecular weight is 392 g/mol. The summed E-state index contributed by atoms with van der Waals surface area (Å²) in [5.74, 6) is -0.359. The molecule has 0 aromatic heterocycles. The van der Waals surface area contributed by atoms with Crippen molar-refractivity contribution in [2.24, 2.45) is 0 Å². The van der Waals surface area contributed by atoms with E-state index in [2.05, 4.69) is 5.32 Å². The lowest BCUT2D eigenvalue weighted by Crippen LogP contribution is -2.21. The van der Waals surface area contributed by atoms with Gasteiger partial charge >= 0.3 is 5.97 Å². The molecule has 0 spiro atoms. The van der Waals surface area contributed by atoms with E-state index in [1.165, 1.54) is 30.3 Å². The molecule has 0 radical (unpaired) electrons. The number of nitro benzene ring substituents is 1. The minimum Gasteiger partial charge on any atom is -0.457 e. The van der Waals surface area contributed by atoms with Crippen molar-refractivity contribution in [2.75, 3.05) is 11.9 Å². The van der Waals surface area contributed by atoms with Crippen molar-refractivity contribution in [1.82, 2.24) is 0 Å². The minimum absolute atomic E-state index is 0.0248. The van der Waals surface area contributed by atoms with Gasteiger partial charge in [0.1, 0.15) is 17.2 Å². The summed E-state index contributed by atoms with van der Waals surface area (Å²) in [6.07, 6.45) is 0. The third kappa shape index (κ3) is 5.39. The van der Waals surface area contributed by atoms with E-state index in [-0.39, 0.29) is 16.9 Å². The highest BCUT2D eigenvalue weighted by Crippen LogP contribution is 2.24. The number of hydrogen-bond acceptors (Lipinski definition) is 6. The highest BCUT2D eigenvalue weighted by Gasteiger charge is 2.16. The first kappa shape index (κ1) is 19.6. The summed E-state index contributed by atoms with van der Waals surface area (Å²) in [6.45, 7) is -0.589. The topological polar surface area (TPSA) is 108 Å². The lowest BCUT2D eigenvalue weighted by Gasteiger charge is -2.09. The molecule has 3 rings (SSSR count). The van der Waals surface area contributed by atoms with E-state index in [0.29, 0.717) is 11.5 Å². The number of amides is 1. The Bertz CT molecular complexity index is 1040. The molecule has 29 heavy (non-hydrogen) atoms. The minimum atomic E-state index is -0.721. The highest BCUT2D eigenvalue weighted by molar-refractivity contribution is 5.96. The van der Waals surface area contributed by atoms with Crippen molar-refractivity contribution in [3.8, 4) is 11.5 Å². The van der Waals surface area contributed by atoms with Crippen LogP contribution in [-0.4, -0.2) is 23.4 Å². The van der Waals surface area contributed by atoms with E-state index in [4.69, 9.17) is 9.47 Å². The number of ether oxygens (including phenoxy) is 2. The Morgan fingerprint density at radius 2 is 1.59 bits per heavy atom. The van der Waals surface area contributed by atoms with E-state index < -0.39 is 23.4 Å². The number of rotatable bonds is 7. The van der Waals surface area contributed by atoms with Crippen LogP contribution in [0, 0.1) is 10.1 Å². The molecule has 0 bridgehead atoms. The van der Waals surface area contributed by atoms with Gasteiger partial charge in [0.05, 0.1) is 10.5 Å². The summed E-state index contributed by atoms with van der Waals surface area (Å²) in [5.41, 5.74) is -0.0216. The van der Waals surface area contributed by atoms with Gasteiger partial charge in [0.15, 0.2) is 6.61 Å². The van der Waals surface area contributed by atoms with Gasteiger partial charge in [-0.2, -0.15) is 0 Å². The number of para-hydroxylation sites is 3. The fourth-order valence-corrected chi connectivity index (χ4v) is 2.45. The fraction of sp³-hybridized carbons (Fsp3) is 0.0476. The van der Waals surface area contributed by atoms with Crippen LogP contribution in [0.3, 0.4) is 0 Å². The molecule has 8 nitrogen and oxygen atoms in total. The van der Waals surface area contributed by atoms with Crippen LogP contribution in [0.1, 0.15) is 10.4 Å². The molecule has 0 atom stereocenters. The number of carbonyl (C=O) groups is 2. The van der Waals surface area contributed by atoms with Crippen molar-refractivity contribution >= 4 is 23.3 Å². The first-order valence-electron chi connectivity index (χ1n) is 8.56. The molecule has 1 N–H and O–H groups in total.